The lowest BCUT2D eigenvalue weighted by atomic mass is 10.1. The van der Waals surface area contributed by atoms with Crippen LogP contribution in [0, 0.1) is 10.1 Å². The minimum atomic E-state index is -0.442. The minimum Gasteiger partial charge on any atom is -0.286 e. The number of carbonyl (C=O) groups is 1. The van der Waals surface area contributed by atoms with Crippen molar-refractivity contribution < 1.29 is 9.72 Å². The van der Waals surface area contributed by atoms with Gasteiger partial charge in [-0.1, -0.05) is 48.5 Å². The number of aliphatic imine (C=N–C) groups is 1. The molecule has 3 aromatic rings. The minimum absolute atomic E-state index is 0.0170. The lowest BCUT2D eigenvalue weighted by molar-refractivity contribution is -0.384. The van der Waals surface area contributed by atoms with E-state index in [4.69, 9.17) is 0 Å². The first kappa shape index (κ1) is 20.6. The van der Waals surface area contributed by atoms with Crippen LogP contribution >= 0.6 is 11.8 Å². The number of nitro groups is 1. The number of hydrogen-bond acceptors (Lipinski definition) is 5. The Labute approximate surface area is 184 Å². The topological polar surface area (TPSA) is 75.8 Å². The number of rotatable bonds is 6. The van der Waals surface area contributed by atoms with Gasteiger partial charge in [0.15, 0.2) is 5.17 Å². The van der Waals surface area contributed by atoms with Crippen LogP contribution in [0.3, 0.4) is 0 Å². The molecular weight excluding hydrogens is 410 g/mol. The van der Waals surface area contributed by atoms with Gasteiger partial charge in [-0.25, -0.2) is 4.99 Å². The third-order valence-corrected chi connectivity index (χ3v) is 5.74. The normalized spacial score (nSPS) is 16.3. The van der Waals surface area contributed by atoms with Crippen LogP contribution in [0.4, 0.5) is 11.4 Å². The molecular formula is C24H19N3O3S. The highest BCUT2D eigenvalue weighted by molar-refractivity contribution is 8.18. The summed E-state index contributed by atoms with van der Waals surface area (Å²) in [5, 5.41) is 11.5. The van der Waals surface area contributed by atoms with E-state index in [9.17, 15) is 14.9 Å². The Hall–Kier alpha value is -3.71. The summed E-state index contributed by atoms with van der Waals surface area (Å²) in [7, 11) is 0. The molecule has 0 atom stereocenters. The molecule has 7 heteroatoms. The van der Waals surface area contributed by atoms with Crippen molar-refractivity contribution in [2.45, 2.75) is 6.42 Å². The molecule has 1 aliphatic heterocycles. The fourth-order valence-electron chi connectivity index (χ4n) is 3.13. The van der Waals surface area contributed by atoms with Crippen molar-refractivity contribution in [3.8, 4) is 0 Å². The number of amidine groups is 1. The molecule has 4 rings (SSSR count). The van der Waals surface area contributed by atoms with E-state index in [2.05, 4.69) is 4.99 Å². The van der Waals surface area contributed by atoms with Gasteiger partial charge < -0.3 is 0 Å². The van der Waals surface area contributed by atoms with E-state index in [1.807, 2.05) is 60.7 Å². The number of amides is 1. The van der Waals surface area contributed by atoms with Gasteiger partial charge in [-0.05, 0) is 59.7 Å². The number of benzene rings is 3. The predicted molar refractivity (Wildman–Crippen MR) is 124 cm³/mol. The number of carbonyl (C=O) groups excluding carboxylic acids is 1. The van der Waals surface area contributed by atoms with E-state index in [1.54, 1.807) is 23.1 Å². The number of thioether (sulfide) groups is 1. The molecule has 0 aliphatic carbocycles. The van der Waals surface area contributed by atoms with E-state index < -0.39 is 4.92 Å². The van der Waals surface area contributed by atoms with Gasteiger partial charge in [-0.3, -0.25) is 19.8 Å². The zero-order valence-corrected chi connectivity index (χ0v) is 17.4. The summed E-state index contributed by atoms with van der Waals surface area (Å²) in [6.45, 7) is 0.513. The number of non-ortho nitro benzene ring substituents is 1. The van der Waals surface area contributed by atoms with Crippen LogP contribution in [0.2, 0.25) is 0 Å². The quantitative estimate of drug-likeness (QED) is 0.297. The first-order valence-electron chi connectivity index (χ1n) is 9.74. The second-order valence-corrected chi connectivity index (χ2v) is 7.89. The number of nitrogens with zero attached hydrogens (tertiary/aromatic N) is 3. The molecule has 1 saturated heterocycles. The van der Waals surface area contributed by atoms with Crippen molar-refractivity contribution in [3.63, 3.8) is 0 Å². The molecule has 0 N–H and O–H groups in total. The zero-order valence-electron chi connectivity index (χ0n) is 16.5. The molecule has 0 saturated carbocycles. The number of para-hydroxylation sites is 1. The molecule has 1 aliphatic rings. The fraction of sp³-hybridized carbons (Fsp3) is 0.0833. The first-order valence-corrected chi connectivity index (χ1v) is 10.6. The zero-order chi connectivity index (χ0) is 21.6. The van der Waals surface area contributed by atoms with E-state index in [0.29, 0.717) is 23.0 Å². The maximum absolute atomic E-state index is 13.2. The van der Waals surface area contributed by atoms with Crippen LogP contribution in [-0.4, -0.2) is 27.4 Å². The average molecular weight is 430 g/mol. The van der Waals surface area contributed by atoms with Gasteiger partial charge >= 0.3 is 0 Å². The molecule has 0 bridgehead atoms. The van der Waals surface area contributed by atoms with Crippen LogP contribution in [0.15, 0.2) is 94.8 Å². The summed E-state index contributed by atoms with van der Waals surface area (Å²) < 4.78 is 0. The highest BCUT2D eigenvalue weighted by atomic mass is 32.2. The van der Waals surface area contributed by atoms with Crippen LogP contribution in [0.1, 0.15) is 11.1 Å². The molecule has 1 amide bonds. The Morgan fingerprint density at radius 2 is 1.58 bits per heavy atom. The van der Waals surface area contributed by atoms with E-state index in [-0.39, 0.29) is 11.6 Å². The predicted octanol–water partition coefficient (Wildman–Crippen LogP) is 5.44. The molecule has 0 spiro atoms. The van der Waals surface area contributed by atoms with Crippen molar-refractivity contribution in [2.75, 3.05) is 6.54 Å². The van der Waals surface area contributed by atoms with Crippen LogP contribution in [0.5, 0.6) is 0 Å². The summed E-state index contributed by atoms with van der Waals surface area (Å²) in [5.74, 6) is -0.117. The molecule has 3 aromatic carbocycles. The van der Waals surface area contributed by atoms with Gasteiger partial charge in [0.05, 0.1) is 15.5 Å². The lowest BCUT2D eigenvalue weighted by Gasteiger charge is -2.15. The largest absolute Gasteiger partial charge is 0.286 e. The van der Waals surface area contributed by atoms with Crippen molar-refractivity contribution in [1.82, 2.24) is 4.90 Å². The summed E-state index contributed by atoms with van der Waals surface area (Å²) >= 11 is 1.32. The van der Waals surface area contributed by atoms with Gasteiger partial charge in [0.2, 0.25) is 0 Å². The molecule has 154 valence electrons. The summed E-state index contributed by atoms with van der Waals surface area (Å²) in [5.41, 5.74) is 2.67. The highest BCUT2D eigenvalue weighted by Gasteiger charge is 2.33. The van der Waals surface area contributed by atoms with Crippen LogP contribution < -0.4 is 0 Å². The van der Waals surface area contributed by atoms with Crippen LogP contribution in [0.25, 0.3) is 6.08 Å². The molecule has 0 radical (unpaired) electrons. The second kappa shape index (κ2) is 9.40. The third-order valence-electron chi connectivity index (χ3n) is 4.74. The SMILES string of the molecule is O=C1C(=Cc2ccc([N+](=O)[O-])cc2)SC(=Nc2ccccc2)N1CCc1ccccc1. The standard InChI is InChI=1S/C24H19N3O3S/c28-23-22(17-19-11-13-21(14-12-19)27(29)30)31-24(25-20-9-5-2-6-10-20)26(23)16-15-18-7-3-1-4-8-18/h1-14,17H,15-16H2. The molecule has 31 heavy (non-hydrogen) atoms. The van der Waals surface area contributed by atoms with E-state index in [0.717, 1.165) is 16.8 Å². The lowest BCUT2D eigenvalue weighted by Crippen LogP contribution is -2.31. The van der Waals surface area contributed by atoms with Crippen molar-refractivity contribution in [1.29, 1.82) is 0 Å². The van der Waals surface area contributed by atoms with Crippen molar-refractivity contribution in [3.05, 3.63) is 111 Å². The Morgan fingerprint density at radius 1 is 0.935 bits per heavy atom. The van der Waals surface area contributed by atoms with Gasteiger partial charge in [0.1, 0.15) is 0 Å². The summed E-state index contributed by atoms with van der Waals surface area (Å²) in [6, 6.07) is 25.7. The average Bonchev–Trinajstić information content (AvgIpc) is 3.08. The maximum Gasteiger partial charge on any atom is 0.269 e. The van der Waals surface area contributed by atoms with Gasteiger partial charge in [-0.15, -0.1) is 0 Å². The molecule has 6 nitrogen and oxygen atoms in total. The molecule has 0 unspecified atom stereocenters. The summed E-state index contributed by atoms with van der Waals surface area (Å²) in [6.07, 6.45) is 2.46. The number of hydrogen-bond donors (Lipinski definition) is 0. The van der Waals surface area contributed by atoms with Crippen molar-refractivity contribution >= 4 is 40.3 Å². The third kappa shape index (κ3) is 5.07. The Kier molecular flexibility index (Phi) is 6.24. The molecule has 1 heterocycles. The Bertz CT molecular complexity index is 1140. The van der Waals surface area contributed by atoms with Gasteiger partial charge in [-0.2, -0.15) is 0 Å². The fourth-order valence-corrected chi connectivity index (χ4v) is 4.16. The highest BCUT2D eigenvalue weighted by Crippen LogP contribution is 2.34. The Balaban J connectivity index is 1.61. The molecule has 1 fully saturated rings. The van der Waals surface area contributed by atoms with E-state index in [1.165, 1.54) is 23.9 Å². The Morgan fingerprint density at radius 3 is 2.23 bits per heavy atom. The van der Waals surface area contributed by atoms with E-state index >= 15 is 0 Å². The van der Waals surface area contributed by atoms with Crippen LogP contribution in [-0.2, 0) is 11.2 Å². The van der Waals surface area contributed by atoms with Gasteiger partial charge in [0.25, 0.3) is 11.6 Å². The first-order chi connectivity index (χ1) is 15.1. The maximum atomic E-state index is 13.2. The second-order valence-electron chi connectivity index (χ2n) is 6.88. The number of nitro benzene ring substituents is 1. The van der Waals surface area contributed by atoms with Gasteiger partial charge in [0, 0.05) is 18.7 Å². The summed E-state index contributed by atoms with van der Waals surface area (Å²) in [4.78, 5) is 30.5. The monoisotopic (exact) mass is 429 g/mol. The molecule has 0 aromatic heterocycles. The van der Waals surface area contributed by atoms with Crippen molar-refractivity contribution in [2.24, 2.45) is 4.99 Å². The smallest absolute Gasteiger partial charge is 0.269 e.